The Morgan fingerprint density at radius 2 is 1.68 bits per heavy atom. The number of aromatic amines is 1. The van der Waals surface area contributed by atoms with Gasteiger partial charge in [-0.25, -0.2) is 8.78 Å². The summed E-state index contributed by atoms with van der Waals surface area (Å²) >= 11 is 0. The molecule has 0 bridgehead atoms. The number of benzene rings is 3. The number of H-pyrrole nitrogens is 1. The van der Waals surface area contributed by atoms with Crippen LogP contribution in [-0.2, 0) is 9.47 Å². The van der Waals surface area contributed by atoms with Gasteiger partial charge in [-0.15, -0.1) is 0 Å². The summed E-state index contributed by atoms with van der Waals surface area (Å²) in [6.07, 6.45) is -2.20. The van der Waals surface area contributed by atoms with Crippen molar-refractivity contribution in [1.82, 2.24) is 15.3 Å². The maximum Gasteiger partial charge on any atom is 0.295 e. The molecule has 37 heavy (non-hydrogen) atoms. The lowest BCUT2D eigenvalue weighted by atomic mass is 9.98. The van der Waals surface area contributed by atoms with Crippen molar-refractivity contribution in [3.8, 4) is 28.3 Å². The van der Waals surface area contributed by atoms with Crippen LogP contribution in [0.5, 0.6) is 6.01 Å². The molecule has 1 amide bonds. The van der Waals surface area contributed by atoms with Gasteiger partial charge in [0.05, 0.1) is 24.3 Å². The highest BCUT2D eigenvalue weighted by Gasteiger charge is 2.48. The number of nitrogens with one attached hydrogen (secondary N) is 2. The van der Waals surface area contributed by atoms with Gasteiger partial charge in [0, 0.05) is 18.7 Å². The van der Waals surface area contributed by atoms with E-state index < -0.39 is 36.1 Å². The number of amides is 1. The van der Waals surface area contributed by atoms with Gasteiger partial charge in [0.25, 0.3) is 11.9 Å². The van der Waals surface area contributed by atoms with E-state index >= 15 is 8.78 Å². The van der Waals surface area contributed by atoms with Gasteiger partial charge in [-0.2, -0.15) is 4.98 Å². The fourth-order valence-corrected chi connectivity index (χ4v) is 4.85. The summed E-state index contributed by atoms with van der Waals surface area (Å²) in [7, 11) is 1.57. The van der Waals surface area contributed by atoms with Crippen molar-refractivity contribution >= 4 is 16.9 Å². The molecule has 3 aromatic carbocycles. The van der Waals surface area contributed by atoms with Crippen molar-refractivity contribution in [1.29, 1.82) is 0 Å². The fourth-order valence-electron chi connectivity index (χ4n) is 4.85. The first-order valence-corrected chi connectivity index (χ1v) is 11.8. The van der Waals surface area contributed by atoms with Gasteiger partial charge in [0.1, 0.15) is 29.6 Å². The van der Waals surface area contributed by atoms with Crippen LogP contribution in [-0.4, -0.2) is 65.7 Å². The van der Waals surface area contributed by atoms with Crippen LogP contribution in [0.15, 0.2) is 54.6 Å². The Kier molecular flexibility index (Phi) is 5.86. The van der Waals surface area contributed by atoms with E-state index in [1.54, 1.807) is 43.4 Å². The molecule has 2 aliphatic heterocycles. The normalized spacial score (nSPS) is 22.8. The molecule has 2 saturated heterocycles. The minimum absolute atomic E-state index is 0.0141. The third-order valence-electron chi connectivity index (χ3n) is 6.77. The molecule has 190 valence electrons. The van der Waals surface area contributed by atoms with Crippen LogP contribution in [0.1, 0.15) is 10.4 Å². The van der Waals surface area contributed by atoms with Crippen LogP contribution < -0.4 is 10.1 Å². The van der Waals surface area contributed by atoms with Crippen LogP contribution in [0.2, 0.25) is 0 Å². The Labute approximate surface area is 210 Å². The molecule has 2 aliphatic rings. The third kappa shape index (κ3) is 4.12. The molecular formula is C27H23F2N3O5. The SMILES string of the molecule is CNC(=O)c1ccc(-c2ccc(-c3c(F)cc4[nH]c(O[C@@H]5CO[C@H]6[C@@H]5OC[C@H]6O)nc4c3F)cc2)cc1. The first-order valence-electron chi connectivity index (χ1n) is 11.8. The lowest BCUT2D eigenvalue weighted by Gasteiger charge is -2.15. The number of hydrogen-bond acceptors (Lipinski definition) is 6. The van der Waals surface area contributed by atoms with E-state index in [0.717, 1.165) is 11.1 Å². The van der Waals surface area contributed by atoms with Crippen LogP contribution >= 0.6 is 0 Å². The third-order valence-corrected chi connectivity index (χ3v) is 6.77. The summed E-state index contributed by atoms with van der Waals surface area (Å²) in [6, 6.07) is 15.0. The summed E-state index contributed by atoms with van der Waals surface area (Å²) in [5.41, 5.74) is 2.50. The first-order chi connectivity index (χ1) is 17.9. The summed E-state index contributed by atoms with van der Waals surface area (Å²) in [4.78, 5) is 18.8. The molecule has 3 heterocycles. The van der Waals surface area contributed by atoms with E-state index in [1.165, 1.54) is 6.07 Å². The molecule has 0 aliphatic carbocycles. The largest absolute Gasteiger partial charge is 0.456 e. The molecule has 3 N–H and O–H groups in total. The van der Waals surface area contributed by atoms with Crippen LogP contribution in [0, 0.1) is 11.6 Å². The lowest BCUT2D eigenvalue weighted by Crippen LogP contribution is -2.34. The molecule has 0 spiro atoms. The monoisotopic (exact) mass is 507 g/mol. The van der Waals surface area contributed by atoms with Gasteiger partial charge in [0.2, 0.25) is 0 Å². The zero-order chi connectivity index (χ0) is 25.7. The average Bonchev–Trinajstić information content (AvgIpc) is 3.61. The number of rotatable bonds is 5. The summed E-state index contributed by atoms with van der Waals surface area (Å²) in [5, 5.41) is 12.5. The molecule has 0 unspecified atom stereocenters. The van der Waals surface area contributed by atoms with Crippen molar-refractivity contribution in [2.45, 2.75) is 24.4 Å². The molecule has 0 saturated carbocycles. The quantitative estimate of drug-likeness (QED) is 0.382. The first kappa shape index (κ1) is 23.5. The lowest BCUT2D eigenvalue weighted by molar-refractivity contribution is 0.00706. The number of aromatic nitrogens is 2. The maximum absolute atomic E-state index is 15.5. The number of hydrogen-bond donors (Lipinski definition) is 3. The van der Waals surface area contributed by atoms with Gasteiger partial charge in [-0.05, 0) is 28.8 Å². The number of fused-ring (bicyclic) bond motifs is 2. The van der Waals surface area contributed by atoms with E-state index in [9.17, 15) is 9.90 Å². The number of carbonyl (C=O) groups is 1. The number of ether oxygens (including phenoxy) is 3. The molecule has 8 nitrogen and oxygen atoms in total. The molecule has 4 aromatic rings. The Hall–Kier alpha value is -3.86. The molecular weight excluding hydrogens is 484 g/mol. The predicted molar refractivity (Wildman–Crippen MR) is 130 cm³/mol. The predicted octanol–water partition coefficient (Wildman–Crippen LogP) is 3.44. The minimum Gasteiger partial charge on any atom is -0.456 e. The highest BCUT2D eigenvalue weighted by molar-refractivity contribution is 5.94. The zero-order valence-corrected chi connectivity index (χ0v) is 19.7. The molecule has 2 fully saturated rings. The number of imidazole rings is 1. The number of halogens is 2. The fraction of sp³-hybridized carbons (Fsp3) is 0.259. The van der Waals surface area contributed by atoms with Gasteiger partial charge in [-0.3, -0.25) is 4.79 Å². The summed E-state index contributed by atoms with van der Waals surface area (Å²) in [5.74, 6) is -1.73. The van der Waals surface area contributed by atoms with Gasteiger partial charge < -0.3 is 29.6 Å². The molecule has 1 aromatic heterocycles. The van der Waals surface area contributed by atoms with Gasteiger partial charge in [0.15, 0.2) is 11.9 Å². The number of aliphatic hydroxyl groups excluding tert-OH is 1. The van der Waals surface area contributed by atoms with Crippen LogP contribution in [0.25, 0.3) is 33.3 Å². The van der Waals surface area contributed by atoms with E-state index in [4.69, 9.17) is 14.2 Å². The van der Waals surface area contributed by atoms with Crippen molar-refractivity contribution in [2.24, 2.45) is 0 Å². The molecule has 6 rings (SSSR count). The standard InChI is InChI=1S/C27H23F2N3O5/c1-30-26(34)16-8-4-14(5-9-16)13-2-6-15(7-3-13)21-17(28)10-18-23(22(21)29)32-27(31-18)37-20-12-36-24-19(33)11-35-25(20)24/h2-10,19-20,24-25,33H,11-12H2,1H3,(H,30,34)(H,31,32)/t19-,20-,24-,25-/m1/s1. The van der Waals surface area contributed by atoms with Gasteiger partial charge in [-0.1, -0.05) is 36.4 Å². The number of aliphatic hydroxyl groups is 1. The smallest absolute Gasteiger partial charge is 0.295 e. The van der Waals surface area contributed by atoms with Crippen LogP contribution in [0.3, 0.4) is 0 Å². The van der Waals surface area contributed by atoms with Gasteiger partial charge >= 0.3 is 0 Å². The van der Waals surface area contributed by atoms with Crippen molar-refractivity contribution in [2.75, 3.05) is 20.3 Å². The molecule has 0 radical (unpaired) electrons. The molecule has 10 heteroatoms. The topological polar surface area (TPSA) is 106 Å². The molecule has 4 atom stereocenters. The Balaban J connectivity index is 1.26. The highest BCUT2D eigenvalue weighted by atomic mass is 19.1. The second-order valence-corrected chi connectivity index (χ2v) is 9.04. The average molecular weight is 507 g/mol. The van der Waals surface area contributed by atoms with E-state index in [0.29, 0.717) is 11.1 Å². The van der Waals surface area contributed by atoms with Crippen LogP contribution in [0.4, 0.5) is 8.78 Å². The van der Waals surface area contributed by atoms with E-state index in [-0.39, 0.29) is 41.7 Å². The Morgan fingerprint density at radius 3 is 2.38 bits per heavy atom. The highest BCUT2D eigenvalue weighted by Crippen LogP contribution is 2.34. The summed E-state index contributed by atoms with van der Waals surface area (Å²) in [6.45, 7) is 0.338. The zero-order valence-electron chi connectivity index (χ0n) is 19.7. The van der Waals surface area contributed by atoms with E-state index in [1.807, 2.05) is 12.1 Å². The maximum atomic E-state index is 15.5. The van der Waals surface area contributed by atoms with E-state index in [2.05, 4.69) is 15.3 Å². The Morgan fingerprint density at radius 1 is 1.03 bits per heavy atom. The second-order valence-electron chi connectivity index (χ2n) is 9.04. The van der Waals surface area contributed by atoms with Crippen molar-refractivity contribution in [3.05, 3.63) is 71.8 Å². The van der Waals surface area contributed by atoms with Crippen molar-refractivity contribution < 1.29 is 32.9 Å². The van der Waals surface area contributed by atoms with Crippen molar-refractivity contribution in [3.63, 3.8) is 0 Å². The number of carbonyl (C=O) groups excluding carboxylic acids is 1. The second kappa shape index (κ2) is 9.22. The minimum atomic E-state index is -0.808. The number of nitrogens with zero attached hydrogens (tertiary/aromatic N) is 1. The Bertz CT molecular complexity index is 1470. The summed E-state index contributed by atoms with van der Waals surface area (Å²) < 4.78 is 47.4.